The fourth-order valence-electron chi connectivity index (χ4n) is 1.57. The minimum atomic E-state index is -0.0905. The van der Waals surface area contributed by atoms with Crippen LogP contribution in [0.2, 0.25) is 0 Å². The van der Waals surface area contributed by atoms with Gasteiger partial charge in [0, 0.05) is 12.2 Å². The number of amides is 1. The van der Waals surface area contributed by atoms with E-state index in [1.165, 1.54) is 0 Å². The van der Waals surface area contributed by atoms with Crippen molar-refractivity contribution in [1.82, 2.24) is 10.2 Å². The van der Waals surface area contributed by atoms with Crippen LogP contribution in [0.25, 0.3) is 0 Å². The molecule has 0 aliphatic rings. The number of anilines is 1. The molecule has 0 spiro atoms. The van der Waals surface area contributed by atoms with Crippen LogP contribution in [0.5, 0.6) is 0 Å². The summed E-state index contributed by atoms with van der Waals surface area (Å²) in [4.78, 5) is 13.6. The molecule has 0 aromatic heterocycles. The van der Waals surface area contributed by atoms with Gasteiger partial charge in [-0.3, -0.25) is 10.1 Å². The number of hydrogen-bond donors (Lipinski definition) is 2. The zero-order chi connectivity index (χ0) is 13.4. The molecule has 4 heteroatoms. The number of nitrogens with zero attached hydrogens (tertiary/aromatic N) is 1. The van der Waals surface area contributed by atoms with Crippen molar-refractivity contribution in [2.24, 2.45) is 0 Å². The Kier molecular flexibility index (Phi) is 5.92. The largest absolute Gasteiger partial charge is 0.325 e. The molecule has 18 heavy (non-hydrogen) atoms. The highest BCUT2D eigenvalue weighted by atomic mass is 16.1. The second kappa shape index (κ2) is 7.49. The third-order valence-corrected chi connectivity index (χ3v) is 2.22. The van der Waals surface area contributed by atoms with Crippen LogP contribution >= 0.6 is 0 Å². The van der Waals surface area contributed by atoms with E-state index in [0.29, 0.717) is 6.54 Å². The fraction of sp³-hybridized carbons (Fsp3) is 0.357. The van der Waals surface area contributed by atoms with Gasteiger partial charge in [0.2, 0.25) is 5.91 Å². The maximum absolute atomic E-state index is 11.6. The highest BCUT2D eigenvalue weighted by Gasteiger charge is 2.02. The lowest BCUT2D eigenvalue weighted by molar-refractivity contribution is -0.115. The van der Waals surface area contributed by atoms with E-state index in [2.05, 4.69) is 21.5 Å². The van der Waals surface area contributed by atoms with Crippen molar-refractivity contribution in [2.45, 2.75) is 6.54 Å². The molecule has 1 aromatic carbocycles. The molecule has 96 valence electrons. The SMILES string of the molecule is C#CCNCC(=O)Nc1cccc(CN(C)C)c1. The first-order valence-corrected chi connectivity index (χ1v) is 5.79. The van der Waals surface area contributed by atoms with Crippen molar-refractivity contribution in [2.75, 3.05) is 32.5 Å². The Morgan fingerprint density at radius 3 is 2.89 bits per heavy atom. The van der Waals surface area contributed by atoms with Gasteiger partial charge in [-0.05, 0) is 31.8 Å². The van der Waals surface area contributed by atoms with E-state index in [4.69, 9.17) is 6.42 Å². The van der Waals surface area contributed by atoms with Crippen molar-refractivity contribution in [3.05, 3.63) is 29.8 Å². The van der Waals surface area contributed by atoms with Crippen molar-refractivity contribution in [3.63, 3.8) is 0 Å². The zero-order valence-corrected chi connectivity index (χ0v) is 10.9. The van der Waals surface area contributed by atoms with Crippen LogP contribution in [0.4, 0.5) is 5.69 Å². The molecule has 0 heterocycles. The van der Waals surface area contributed by atoms with E-state index in [1.54, 1.807) is 0 Å². The van der Waals surface area contributed by atoms with Crippen LogP contribution in [0.1, 0.15) is 5.56 Å². The number of carbonyl (C=O) groups excluding carboxylic acids is 1. The second-order valence-electron chi connectivity index (χ2n) is 4.29. The monoisotopic (exact) mass is 245 g/mol. The van der Waals surface area contributed by atoms with E-state index in [0.717, 1.165) is 17.8 Å². The second-order valence-corrected chi connectivity index (χ2v) is 4.29. The molecule has 0 saturated carbocycles. The fourth-order valence-corrected chi connectivity index (χ4v) is 1.57. The molecular weight excluding hydrogens is 226 g/mol. The molecule has 0 atom stereocenters. The summed E-state index contributed by atoms with van der Waals surface area (Å²) in [6.07, 6.45) is 5.08. The van der Waals surface area contributed by atoms with Crippen LogP contribution in [-0.4, -0.2) is 38.0 Å². The molecule has 1 amide bonds. The summed E-state index contributed by atoms with van der Waals surface area (Å²) < 4.78 is 0. The first kappa shape index (κ1) is 14.2. The van der Waals surface area contributed by atoms with E-state index in [9.17, 15) is 4.79 Å². The number of hydrogen-bond acceptors (Lipinski definition) is 3. The summed E-state index contributed by atoms with van der Waals surface area (Å²) in [6.45, 7) is 1.47. The Labute approximate surface area is 108 Å². The lowest BCUT2D eigenvalue weighted by Gasteiger charge is -2.11. The Bertz CT molecular complexity index is 435. The summed E-state index contributed by atoms with van der Waals surface area (Å²) in [5, 5.41) is 5.67. The Morgan fingerprint density at radius 2 is 2.22 bits per heavy atom. The third-order valence-electron chi connectivity index (χ3n) is 2.22. The van der Waals surface area contributed by atoms with Crippen LogP contribution in [0, 0.1) is 12.3 Å². The van der Waals surface area contributed by atoms with E-state index < -0.39 is 0 Å². The Hall–Kier alpha value is -1.83. The maximum Gasteiger partial charge on any atom is 0.238 e. The minimum absolute atomic E-state index is 0.0905. The number of terminal acetylenes is 1. The quantitative estimate of drug-likeness (QED) is 0.578. The van der Waals surface area contributed by atoms with Gasteiger partial charge in [0.15, 0.2) is 0 Å². The molecule has 1 aromatic rings. The van der Waals surface area contributed by atoms with Crippen molar-refractivity contribution in [3.8, 4) is 12.3 Å². The summed E-state index contributed by atoms with van der Waals surface area (Å²) in [5.74, 6) is 2.33. The smallest absolute Gasteiger partial charge is 0.238 e. The van der Waals surface area contributed by atoms with Gasteiger partial charge in [0.25, 0.3) is 0 Å². The van der Waals surface area contributed by atoms with Crippen LogP contribution in [0.3, 0.4) is 0 Å². The first-order valence-electron chi connectivity index (χ1n) is 5.79. The van der Waals surface area contributed by atoms with Crippen molar-refractivity contribution >= 4 is 11.6 Å². The van der Waals surface area contributed by atoms with Gasteiger partial charge in [-0.25, -0.2) is 0 Å². The number of carbonyl (C=O) groups is 1. The molecule has 2 N–H and O–H groups in total. The van der Waals surface area contributed by atoms with Gasteiger partial charge >= 0.3 is 0 Å². The molecule has 0 unspecified atom stereocenters. The average Bonchev–Trinajstić information content (AvgIpc) is 2.28. The summed E-state index contributed by atoms with van der Waals surface area (Å²) in [5.41, 5.74) is 1.97. The molecule has 1 rings (SSSR count). The average molecular weight is 245 g/mol. The molecule has 4 nitrogen and oxygen atoms in total. The maximum atomic E-state index is 11.6. The predicted molar refractivity (Wildman–Crippen MR) is 74.2 cm³/mol. The van der Waals surface area contributed by atoms with Crippen LogP contribution < -0.4 is 10.6 Å². The van der Waals surface area contributed by atoms with Gasteiger partial charge < -0.3 is 10.2 Å². The minimum Gasteiger partial charge on any atom is -0.325 e. The molecule has 0 radical (unpaired) electrons. The van der Waals surface area contributed by atoms with E-state index in [-0.39, 0.29) is 12.5 Å². The normalized spacial score (nSPS) is 10.1. The molecule has 0 bridgehead atoms. The molecule has 0 aliphatic heterocycles. The van der Waals surface area contributed by atoms with Gasteiger partial charge in [-0.1, -0.05) is 18.1 Å². The van der Waals surface area contributed by atoms with Gasteiger partial charge in [0.05, 0.1) is 13.1 Å². The lowest BCUT2D eigenvalue weighted by atomic mass is 10.2. The van der Waals surface area contributed by atoms with Crippen LogP contribution in [-0.2, 0) is 11.3 Å². The van der Waals surface area contributed by atoms with Gasteiger partial charge in [0.1, 0.15) is 0 Å². The first-order chi connectivity index (χ1) is 8.61. The van der Waals surface area contributed by atoms with Crippen LogP contribution in [0.15, 0.2) is 24.3 Å². The summed E-state index contributed by atoms with van der Waals surface area (Å²) >= 11 is 0. The highest BCUT2D eigenvalue weighted by Crippen LogP contribution is 2.11. The van der Waals surface area contributed by atoms with Gasteiger partial charge in [-0.15, -0.1) is 6.42 Å². The molecule has 0 aliphatic carbocycles. The standard InChI is InChI=1S/C14H19N3O/c1-4-8-15-10-14(18)16-13-7-5-6-12(9-13)11-17(2)3/h1,5-7,9,15H,8,10-11H2,2-3H3,(H,16,18). The molecule has 0 fully saturated rings. The van der Waals surface area contributed by atoms with Crippen molar-refractivity contribution < 1.29 is 4.79 Å². The number of rotatable bonds is 6. The topological polar surface area (TPSA) is 44.4 Å². The zero-order valence-electron chi connectivity index (χ0n) is 10.9. The highest BCUT2D eigenvalue weighted by molar-refractivity contribution is 5.92. The number of benzene rings is 1. The summed E-state index contributed by atoms with van der Waals surface area (Å²) in [6, 6.07) is 7.81. The number of nitrogens with one attached hydrogen (secondary N) is 2. The Morgan fingerprint density at radius 1 is 1.44 bits per heavy atom. The summed E-state index contributed by atoms with van der Waals surface area (Å²) in [7, 11) is 4.02. The van der Waals surface area contributed by atoms with Crippen molar-refractivity contribution in [1.29, 1.82) is 0 Å². The molecular formula is C14H19N3O. The van der Waals surface area contributed by atoms with E-state index in [1.807, 2.05) is 38.4 Å². The predicted octanol–water partition coefficient (Wildman–Crippen LogP) is 0.909. The lowest BCUT2D eigenvalue weighted by Crippen LogP contribution is -2.28. The van der Waals surface area contributed by atoms with Gasteiger partial charge in [-0.2, -0.15) is 0 Å². The third kappa shape index (κ3) is 5.48. The Balaban J connectivity index is 2.51. The molecule has 0 saturated heterocycles. The van der Waals surface area contributed by atoms with E-state index >= 15 is 0 Å².